The third-order valence-corrected chi connectivity index (χ3v) is 6.22. The smallest absolute Gasteiger partial charge is 0.339 e. The second kappa shape index (κ2) is 7.48. The zero-order valence-electron chi connectivity index (χ0n) is 16.7. The molecule has 158 valence electrons. The fraction of sp³-hybridized carbons (Fsp3) is 0.450. The molecule has 1 aromatic heterocycles. The van der Waals surface area contributed by atoms with Crippen LogP contribution in [0.25, 0.3) is 0 Å². The highest BCUT2D eigenvalue weighted by molar-refractivity contribution is 6.31. The largest absolute Gasteiger partial charge is 0.488 e. The van der Waals surface area contributed by atoms with E-state index in [4.69, 9.17) is 16.3 Å². The average Bonchev–Trinajstić information content (AvgIpc) is 3.08. The fourth-order valence-electron chi connectivity index (χ4n) is 4.23. The van der Waals surface area contributed by atoms with Gasteiger partial charge >= 0.3 is 6.03 Å². The molecule has 0 spiro atoms. The SMILES string of the molecule is CN1NC2C(Cl)=C(N3CCOc4cc(C(=O)N5CCCCC5)cnc43)C=CN2C1=O. The first kappa shape index (κ1) is 19.2. The molecule has 2 fully saturated rings. The number of hydrogen-bond donors (Lipinski definition) is 1. The summed E-state index contributed by atoms with van der Waals surface area (Å²) < 4.78 is 5.83. The lowest BCUT2D eigenvalue weighted by Gasteiger charge is -2.35. The lowest BCUT2D eigenvalue weighted by atomic mass is 10.1. The highest BCUT2D eigenvalue weighted by Crippen LogP contribution is 2.37. The Kier molecular flexibility index (Phi) is 4.79. The van der Waals surface area contributed by atoms with Gasteiger partial charge in [-0.05, 0) is 31.4 Å². The van der Waals surface area contributed by atoms with Gasteiger partial charge in [-0.25, -0.2) is 15.2 Å². The minimum Gasteiger partial charge on any atom is -0.488 e. The van der Waals surface area contributed by atoms with Crippen LogP contribution < -0.4 is 15.1 Å². The highest BCUT2D eigenvalue weighted by atomic mass is 35.5. The van der Waals surface area contributed by atoms with Gasteiger partial charge in [0.2, 0.25) is 0 Å². The number of piperidine rings is 1. The van der Waals surface area contributed by atoms with Crippen LogP contribution in [-0.2, 0) is 0 Å². The van der Waals surface area contributed by atoms with E-state index in [0.29, 0.717) is 35.3 Å². The summed E-state index contributed by atoms with van der Waals surface area (Å²) in [5, 5.41) is 1.91. The van der Waals surface area contributed by atoms with Gasteiger partial charge in [0, 0.05) is 32.5 Å². The predicted molar refractivity (Wildman–Crippen MR) is 111 cm³/mol. The number of carbonyl (C=O) groups excluding carboxylic acids is 2. The lowest BCUT2D eigenvalue weighted by Crippen LogP contribution is -2.41. The van der Waals surface area contributed by atoms with Crippen LogP contribution >= 0.6 is 11.6 Å². The molecule has 1 aromatic rings. The van der Waals surface area contributed by atoms with Gasteiger partial charge in [0.25, 0.3) is 5.91 Å². The summed E-state index contributed by atoms with van der Waals surface area (Å²) in [4.78, 5) is 35.0. The number of urea groups is 1. The number of nitrogens with one attached hydrogen (secondary N) is 1. The molecule has 3 amide bonds. The van der Waals surface area contributed by atoms with Crippen LogP contribution in [0.4, 0.5) is 10.6 Å². The third kappa shape index (κ3) is 3.09. The van der Waals surface area contributed by atoms with Crippen LogP contribution in [0.5, 0.6) is 5.75 Å². The molecular formula is C20H23ClN6O3. The molecule has 9 nitrogen and oxygen atoms in total. The molecule has 1 atom stereocenters. The van der Waals surface area contributed by atoms with Crippen molar-refractivity contribution in [3.8, 4) is 5.75 Å². The third-order valence-electron chi connectivity index (χ3n) is 5.82. The molecule has 4 aliphatic rings. The Balaban J connectivity index is 1.43. The summed E-state index contributed by atoms with van der Waals surface area (Å²) in [6.45, 7) is 2.58. The molecule has 0 aliphatic carbocycles. The number of ether oxygens (including phenoxy) is 1. The van der Waals surface area contributed by atoms with E-state index in [9.17, 15) is 9.59 Å². The Morgan fingerprint density at radius 1 is 1.27 bits per heavy atom. The summed E-state index contributed by atoms with van der Waals surface area (Å²) in [5.74, 6) is 1.16. The topological polar surface area (TPSA) is 81.2 Å². The number of rotatable bonds is 2. The molecular weight excluding hydrogens is 408 g/mol. The van der Waals surface area contributed by atoms with E-state index in [-0.39, 0.29) is 11.9 Å². The zero-order chi connectivity index (χ0) is 20.8. The van der Waals surface area contributed by atoms with E-state index in [1.165, 1.54) is 11.4 Å². The molecule has 30 heavy (non-hydrogen) atoms. The lowest BCUT2D eigenvalue weighted by molar-refractivity contribution is 0.0723. The van der Waals surface area contributed by atoms with E-state index in [1.54, 1.807) is 36.5 Å². The van der Waals surface area contributed by atoms with Crippen LogP contribution in [0.1, 0.15) is 29.6 Å². The van der Waals surface area contributed by atoms with E-state index in [2.05, 4.69) is 10.4 Å². The standard InChI is InChI=1S/C20H23ClN6O3/c1-24-20(29)27-8-5-14(16(21)18(27)23-24)26-9-10-30-15-11-13(12-22-17(15)26)19(28)25-6-3-2-4-7-25/h5,8,11-12,18,23H,2-4,6-7,9-10H2,1H3. The van der Waals surface area contributed by atoms with Crippen molar-refractivity contribution >= 4 is 29.4 Å². The molecule has 4 aliphatic heterocycles. The zero-order valence-corrected chi connectivity index (χ0v) is 17.4. The van der Waals surface area contributed by atoms with E-state index >= 15 is 0 Å². The van der Waals surface area contributed by atoms with Crippen molar-refractivity contribution in [3.63, 3.8) is 0 Å². The average molecular weight is 431 g/mol. The monoisotopic (exact) mass is 430 g/mol. The summed E-state index contributed by atoms with van der Waals surface area (Å²) in [5.41, 5.74) is 4.33. The van der Waals surface area contributed by atoms with Crippen molar-refractivity contribution in [1.82, 2.24) is 25.2 Å². The number of halogens is 1. The number of hydrazine groups is 1. The summed E-state index contributed by atoms with van der Waals surface area (Å²) in [7, 11) is 1.66. The van der Waals surface area contributed by atoms with Gasteiger partial charge in [-0.1, -0.05) is 11.6 Å². The number of carbonyl (C=O) groups is 2. The molecule has 10 heteroatoms. The van der Waals surface area contributed by atoms with Crippen molar-refractivity contribution < 1.29 is 14.3 Å². The highest BCUT2D eigenvalue weighted by Gasteiger charge is 2.40. The van der Waals surface area contributed by atoms with Crippen LogP contribution in [-0.4, -0.2) is 71.2 Å². The normalized spacial score (nSPS) is 23.5. The molecule has 5 heterocycles. The van der Waals surface area contributed by atoms with Gasteiger partial charge in [-0.3, -0.25) is 14.7 Å². The molecule has 5 rings (SSSR count). The summed E-state index contributed by atoms with van der Waals surface area (Å²) in [6.07, 6.45) is 7.93. The summed E-state index contributed by atoms with van der Waals surface area (Å²) in [6, 6.07) is 1.60. The van der Waals surface area contributed by atoms with Crippen LogP contribution in [0, 0.1) is 0 Å². The molecule has 0 aromatic carbocycles. The van der Waals surface area contributed by atoms with Crippen molar-refractivity contribution in [2.75, 3.05) is 38.2 Å². The number of hydrogen-bond acceptors (Lipinski definition) is 6. The first-order chi connectivity index (χ1) is 14.5. The van der Waals surface area contributed by atoms with Crippen LogP contribution in [0.15, 0.2) is 35.3 Å². The second-order valence-electron chi connectivity index (χ2n) is 7.73. The van der Waals surface area contributed by atoms with Crippen molar-refractivity contribution in [3.05, 3.63) is 40.8 Å². The molecule has 0 saturated carbocycles. The molecule has 2 saturated heterocycles. The Morgan fingerprint density at radius 2 is 2.07 bits per heavy atom. The van der Waals surface area contributed by atoms with E-state index in [0.717, 1.165) is 31.6 Å². The quantitative estimate of drug-likeness (QED) is 0.773. The molecule has 0 bridgehead atoms. The van der Waals surface area contributed by atoms with Crippen molar-refractivity contribution in [2.24, 2.45) is 0 Å². The number of likely N-dealkylation sites (tertiary alicyclic amines) is 1. The Bertz CT molecular complexity index is 958. The number of nitrogens with zero attached hydrogens (tertiary/aromatic N) is 5. The molecule has 1 unspecified atom stereocenters. The Morgan fingerprint density at radius 3 is 2.87 bits per heavy atom. The Labute approximate surface area is 179 Å². The van der Waals surface area contributed by atoms with Gasteiger partial charge in [0.1, 0.15) is 12.8 Å². The minimum absolute atomic E-state index is 0.00659. The van der Waals surface area contributed by atoms with Gasteiger partial charge in [0.15, 0.2) is 11.6 Å². The fourth-order valence-corrected chi connectivity index (χ4v) is 4.55. The maximum absolute atomic E-state index is 12.8. The number of pyridine rings is 1. The number of anilines is 1. The molecule has 0 radical (unpaired) electrons. The van der Waals surface area contributed by atoms with Crippen LogP contribution in [0.3, 0.4) is 0 Å². The van der Waals surface area contributed by atoms with Crippen LogP contribution in [0.2, 0.25) is 0 Å². The Hall–Kier alpha value is -2.78. The number of aromatic nitrogens is 1. The minimum atomic E-state index is -0.449. The first-order valence-electron chi connectivity index (χ1n) is 10.1. The van der Waals surface area contributed by atoms with E-state index < -0.39 is 6.17 Å². The van der Waals surface area contributed by atoms with Gasteiger partial charge < -0.3 is 14.5 Å². The second-order valence-corrected chi connectivity index (χ2v) is 8.14. The van der Waals surface area contributed by atoms with Gasteiger partial charge in [-0.15, -0.1) is 0 Å². The number of fused-ring (bicyclic) bond motifs is 2. The van der Waals surface area contributed by atoms with Crippen molar-refractivity contribution in [2.45, 2.75) is 25.4 Å². The predicted octanol–water partition coefficient (Wildman–Crippen LogP) is 2.08. The maximum Gasteiger partial charge on any atom is 0.339 e. The number of amides is 3. The van der Waals surface area contributed by atoms with Crippen molar-refractivity contribution in [1.29, 1.82) is 0 Å². The van der Waals surface area contributed by atoms with Gasteiger partial charge in [0.05, 0.1) is 22.8 Å². The first-order valence-corrected chi connectivity index (χ1v) is 10.5. The maximum atomic E-state index is 12.8. The van der Waals surface area contributed by atoms with E-state index in [1.807, 2.05) is 9.80 Å². The summed E-state index contributed by atoms with van der Waals surface area (Å²) >= 11 is 6.67. The number of allylic oxidation sites excluding steroid dienone is 1. The molecule has 1 N–H and O–H groups in total. The van der Waals surface area contributed by atoms with Gasteiger partial charge in [-0.2, -0.15) is 0 Å².